The molecular formula is C41H33BrCl2N12O6. The molecule has 0 atom stereocenters. The largest absolute Gasteiger partial charge is 0.359 e. The van der Waals surface area contributed by atoms with Crippen molar-refractivity contribution in [1.82, 2.24) is 60.2 Å². The minimum atomic E-state index is -0.698. The molecule has 2 saturated heterocycles. The quantitative estimate of drug-likeness (QED) is 0.113. The lowest BCUT2D eigenvalue weighted by molar-refractivity contribution is -0.128. The van der Waals surface area contributed by atoms with Crippen molar-refractivity contribution in [2.24, 2.45) is 0 Å². The molecule has 2 aromatic carbocycles. The number of carbonyl (C=O) groups is 6. The van der Waals surface area contributed by atoms with Crippen LogP contribution in [0.1, 0.15) is 41.4 Å². The number of rotatable bonds is 7. The van der Waals surface area contributed by atoms with Crippen LogP contribution in [0.2, 0.25) is 10.0 Å². The Hall–Kier alpha value is -6.83. The number of piperazine rings is 2. The van der Waals surface area contributed by atoms with Gasteiger partial charge in [0.1, 0.15) is 10.3 Å². The summed E-state index contributed by atoms with van der Waals surface area (Å²) in [6.07, 6.45) is 5.70. The molecule has 0 unspecified atom stereocenters. The summed E-state index contributed by atoms with van der Waals surface area (Å²) >= 11 is 15.8. The van der Waals surface area contributed by atoms with Crippen molar-refractivity contribution in [3.63, 3.8) is 0 Å². The van der Waals surface area contributed by atoms with E-state index < -0.39 is 23.4 Å². The Morgan fingerprint density at radius 2 is 1.02 bits per heavy atom. The number of ketones is 2. The Kier molecular flexibility index (Phi) is 12.2. The Bertz CT molecular complexity index is 2840. The van der Waals surface area contributed by atoms with E-state index in [0.29, 0.717) is 87.5 Å². The van der Waals surface area contributed by atoms with Crippen molar-refractivity contribution in [2.45, 2.75) is 0 Å². The van der Waals surface area contributed by atoms with E-state index in [1.165, 1.54) is 34.6 Å². The van der Waals surface area contributed by atoms with Crippen LogP contribution in [-0.4, -0.2) is 148 Å². The van der Waals surface area contributed by atoms with E-state index in [1.807, 2.05) is 24.3 Å². The van der Waals surface area contributed by atoms with Crippen molar-refractivity contribution in [2.75, 3.05) is 52.4 Å². The van der Waals surface area contributed by atoms with Gasteiger partial charge in [-0.05, 0) is 45.4 Å². The van der Waals surface area contributed by atoms with Gasteiger partial charge in [-0.3, -0.25) is 28.8 Å². The number of hydrogen-bond donors (Lipinski definition) is 3. The third kappa shape index (κ3) is 8.28. The smallest absolute Gasteiger partial charge is 0.295 e. The number of fused-ring (bicyclic) bond motifs is 2. The number of Topliss-reactive ketones (excluding diaryl/α,β-unsaturated/α-hetero) is 2. The minimum Gasteiger partial charge on any atom is -0.359 e. The topological polar surface area (TPSA) is 227 Å². The van der Waals surface area contributed by atoms with Gasteiger partial charge in [-0.15, -0.1) is 10.2 Å². The summed E-state index contributed by atoms with van der Waals surface area (Å²) in [5, 5.41) is 15.0. The Labute approximate surface area is 369 Å². The van der Waals surface area contributed by atoms with Crippen molar-refractivity contribution in [1.29, 1.82) is 0 Å². The summed E-state index contributed by atoms with van der Waals surface area (Å²) in [4.78, 5) is 97.3. The number of amides is 4. The van der Waals surface area contributed by atoms with Crippen LogP contribution >= 0.6 is 39.1 Å². The van der Waals surface area contributed by atoms with Gasteiger partial charge in [0.2, 0.25) is 5.82 Å². The van der Waals surface area contributed by atoms with Crippen LogP contribution in [0.25, 0.3) is 33.3 Å². The molecule has 2 fully saturated rings. The van der Waals surface area contributed by atoms with E-state index in [2.05, 4.69) is 56.5 Å². The maximum Gasteiger partial charge on any atom is 0.295 e. The molecule has 2 aliphatic rings. The highest BCUT2D eigenvalue weighted by Crippen LogP contribution is 2.33. The molecule has 7 heterocycles. The van der Waals surface area contributed by atoms with E-state index in [-0.39, 0.29) is 46.9 Å². The first-order valence-electron chi connectivity index (χ1n) is 19.1. The number of benzene rings is 2. The summed E-state index contributed by atoms with van der Waals surface area (Å²) in [5.41, 5.74) is 2.88. The molecule has 18 nitrogen and oxygen atoms in total. The molecule has 0 radical (unpaired) electrons. The van der Waals surface area contributed by atoms with Crippen LogP contribution in [0.15, 0.2) is 90.1 Å². The van der Waals surface area contributed by atoms with Gasteiger partial charge < -0.3 is 29.6 Å². The van der Waals surface area contributed by atoms with Crippen molar-refractivity contribution in [3.8, 4) is 11.5 Å². The molecule has 314 valence electrons. The molecule has 2 aliphatic heterocycles. The van der Waals surface area contributed by atoms with E-state index in [1.54, 1.807) is 46.2 Å². The van der Waals surface area contributed by atoms with Crippen LogP contribution in [0.3, 0.4) is 0 Å². The summed E-state index contributed by atoms with van der Waals surface area (Å²) < 4.78 is 0.511. The summed E-state index contributed by atoms with van der Waals surface area (Å²) in [6, 6.07) is 18.0. The van der Waals surface area contributed by atoms with Crippen molar-refractivity contribution >= 4 is 96.1 Å². The zero-order valence-corrected chi connectivity index (χ0v) is 35.4. The summed E-state index contributed by atoms with van der Waals surface area (Å²) in [5.74, 6) is -2.56. The monoisotopic (exact) mass is 938 g/mol. The SMILES string of the molecule is O=C(C(=O)N1CCN(C(=O)c2ccccc2)CC1)c1c[nH]c2c(-c3nn[nH]n3)ncc(Cl)c12.O=C(C(=O)N1CCN(C(=O)c2ccccc2)CC1)c1c[nH]c2c(Br)ncc(Cl)c12. The summed E-state index contributed by atoms with van der Waals surface area (Å²) in [6.45, 7) is 2.53. The van der Waals surface area contributed by atoms with Crippen LogP contribution < -0.4 is 0 Å². The van der Waals surface area contributed by atoms with Gasteiger partial charge in [0, 0.05) is 99.0 Å². The van der Waals surface area contributed by atoms with Gasteiger partial charge >= 0.3 is 0 Å². The van der Waals surface area contributed by atoms with Gasteiger partial charge in [-0.25, -0.2) is 9.97 Å². The molecule has 0 bridgehead atoms. The van der Waals surface area contributed by atoms with E-state index in [0.717, 1.165) is 0 Å². The second-order valence-corrected chi connectivity index (χ2v) is 15.6. The molecule has 62 heavy (non-hydrogen) atoms. The molecule has 0 saturated carbocycles. The van der Waals surface area contributed by atoms with E-state index >= 15 is 0 Å². The highest BCUT2D eigenvalue weighted by atomic mass is 79.9. The van der Waals surface area contributed by atoms with Crippen LogP contribution in [0, 0.1) is 0 Å². The normalized spacial score (nSPS) is 14.1. The Morgan fingerprint density at radius 3 is 1.48 bits per heavy atom. The maximum absolute atomic E-state index is 13.1. The second kappa shape index (κ2) is 18.0. The standard InChI is InChI=1S/C21H17ClN8O3.C20H16BrClN4O3/c22-14-11-24-17(19-25-27-28-26-19)16-15(14)13(10-23-16)18(31)21(33)30-8-6-29(7-9-30)20(32)12-4-2-1-3-5-12;21-18-16-15(14(22)11-24-18)13(10-23-16)17(27)20(29)26-8-6-25(7-9-26)19(28)12-4-2-1-3-5-12/h1-5,10-11,23H,6-9H2,(H,25,26,27,28);1-5,10-11,23H,6-9H2. The third-order valence-corrected chi connectivity index (χ3v) is 11.6. The number of nitrogens with zero attached hydrogens (tertiary/aromatic N) is 9. The molecule has 3 N–H and O–H groups in total. The molecule has 4 amide bonds. The van der Waals surface area contributed by atoms with Gasteiger partial charge in [0.05, 0.1) is 32.2 Å². The predicted octanol–water partition coefficient (Wildman–Crippen LogP) is 4.71. The molecule has 0 spiro atoms. The molecule has 5 aromatic heterocycles. The van der Waals surface area contributed by atoms with E-state index in [9.17, 15) is 28.8 Å². The van der Waals surface area contributed by atoms with Crippen LogP contribution in [0.5, 0.6) is 0 Å². The minimum absolute atomic E-state index is 0.0789. The lowest BCUT2D eigenvalue weighted by Gasteiger charge is -2.34. The number of carbonyl (C=O) groups excluding carboxylic acids is 6. The average molecular weight is 941 g/mol. The van der Waals surface area contributed by atoms with E-state index in [4.69, 9.17) is 23.2 Å². The van der Waals surface area contributed by atoms with Crippen LogP contribution in [-0.2, 0) is 9.59 Å². The molecule has 21 heteroatoms. The fourth-order valence-electron chi connectivity index (χ4n) is 7.24. The number of hydrogen-bond acceptors (Lipinski definition) is 11. The van der Waals surface area contributed by atoms with Gasteiger partial charge in [-0.1, -0.05) is 59.6 Å². The number of pyridine rings is 2. The van der Waals surface area contributed by atoms with Crippen molar-refractivity contribution < 1.29 is 28.8 Å². The number of nitrogens with one attached hydrogen (secondary N) is 3. The number of H-pyrrole nitrogens is 3. The lowest BCUT2D eigenvalue weighted by Crippen LogP contribution is -2.52. The number of halogens is 3. The summed E-state index contributed by atoms with van der Waals surface area (Å²) in [7, 11) is 0. The number of tetrazole rings is 1. The van der Waals surface area contributed by atoms with Crippen molar-refractivity contribution in [3.05, 3.63) is 122 Å². The first kappa shape index (κ1) is 41.9. The Balaban J connectivity index is 0.000000172. The zero-order valence-electron chi connectivity index (χ0n) is 32.3. The molecule has 9 rings (SSSR count). The second-order valence-electron chi connectivity index (χ2n) is 14.1. The predicted molar refractivity (Wildman–Crippen MR) is 230 cm³/mol. The van der Waals surface area contributed by atoms with Crippen LogP contribution in [0.4, 0.5) is 0 Å². The lowest BCUT2D eigenvalue weighted by atomic mass is 10.1. The molecular weight excluding hydrogens is 907 g/mol. The first-order chi connectivity index (χ1) is 30.0. The molecule has 0 aliphatic carbocycles. The molecule has 7 aromatic rings. The fraction of sp³-hybridized carbons (Fsp3) is 0.195. The fourth-order valence-corrected chi connectivity index (χ4v) is 8.15. The zero-order chi connectivity index (χ0) is 43.5. The Morgan fingerprint density at radius 1 is 0.581 bits per heavy atom. The number of aromatic amines is 3. The average Bonchev–Trinajstić information content (AvgIpc) is 4.12. The highest BCUT2D eigenvalue weighted by molar-refractivity contribution is 9.10. The maximum atomic E-state index is 13.1. The first-order valence-corrected chi connectivity index (χ1v) is 20.6. The third-order valence-electron chi connectivity index (χ3n) is 10.5. The van der Waals surface area contributed by atoms with Gasteiger partial charge in [0.25, 0.3) is 35.2 Å². The number of aromatic nitrogens is 8. The highest BCUT2D eigenvalue weighted by Gasteiger charge is 2.33. The van der Waals surface area contributed by atoms with Gasteiger partial charge in [-0.2, -0.15) is 5.21 Å². The van der Waals surface area contributed by atoms with Gasteiger partial charge in [0.15, 0.2) is 0 Å².